The second kappa shape index (κ2) is 7.21. The molecule has 154 valence electrons. The monoisotopic (exact) mass is 400 g/mol. The number of fused-ring (bicyclic) bond motifs is 1. The van der Waals surface area contributed by atoms with Gasteiger partial charge in [-0.25, -0.2) is 4.79 Å². The lowest BCUT2D eigenvalue weighted by molar-refractivity contribution is 0.0250. The van der Waals surface area contributed by atoms with Crippen LogP contribution in [0.4, 0.5) is 11.4 Å². The fourth-order valence-electron chi connectivity index (χ4n) is 4.31. The Balaban J connectivity index is 2.01. The van der Waals surface area contributed by atoms with E-state index in [-0.39, 0.29) is 5.97 Å². The third kappa shape index (κ3) is 3.04. The van der Waals surface area contributed by atoms with Gasteiger partial charge in [-0.1, -0.05) is 42.0 Å². The summed E-state index contributed by atoms with van der Waals surface area (Å²) in [6, 6.07) is 20.6. The van der Waals surface area contributed by atoms with Gasteiger partial charge in [-0.3, -0.25) is 0 Å². The fraction of sp³-hybridized carbons (Fsp3) is 0.269. The lowest BCUT2D eigenvalue weighted by Gasteiger charge is -2.32. The summed E-state index contributed by atoms with van der Waals surface area (Å²) in [5, 5.41) is 0. The quantitative estimate of drug-likeness (QED) is 0.584. The molecule has 1 heterocycles. The van der Waals surface area contributed by atoms with Crippen molar-refractivity contribution in [2.24, 2.45) is 0 Å². The van der Waals surface area contributed by atoms with Crippen LogP contribution < -0.4 is 9.80 Å². The zero-order valence-corrected chi connectivity index (χ0v) is 18.5. The number of hydrogen-bond donors (Lipinski definition) is 0. The minimum atomic E-state index is -0.958. The van der Waals surface area contributed by atoms with Crippen molar-refractivity contribution >= 4 is 17.3 Å². The van der Waals surface area contributed by atoms with Crippen LogP contribution in [-0.2, 0) is 10.3 Å². The molecule has 3 aromatic carbocycles. The van der Waals surface area contributed by atoms with E-state index in [1.54, 1.807) is 0 Å². The molecule has 0 bridgehead atoms. The molecule has 0 spiro atoms. The topological polar surface area (TPSA) is 32.8 Å². The largest absolute Gasteiger partial charge is 0.441 e. The summed E-state index contributed by atoms with van der Waals surface area (Å²) >= 11 is 0. The lowest BCUT2D eigenvalue weighted by Crippen LogP contribution is -2.30. The summed E-state index contributed by atoms with van der Waals surface area (Å²) < 4.78 is 6.28. The Bertz CT molecular complexity index is 1120. The van der Waals surface area contributed by atoms with Crippen LogP contribution in [0.5, 0.6) is 0 Å². The highest BCUT2D eigenvalue weighted by Crippen LogP contribution is 2.49. The molecule has 1 atom stereocenters. The van der Waals surface area contributed by atoms with Crippen molar-refractivity contribution in [3.63, 3.8) is 0 Å². The Morgan fingerprint density at radius 1 is 0.733 bits per heavy atom. The maximum atomic E-state index is 13.1. The Hall–Kier alpha value is -3.27. The number of benzene rings is 3. The zero-order chi connectivity index (χ0) is 21.6. The van der Waals surface area contributed by atoms with Crippen LogP contribution in [0.2, 0.25) is 0 Å². The molecule has 1 aliphatic heterocycles. The normalized spacial score (nSPS) is 17.5. The molecule has 30 heavy (non-hydrogen) atoms. The van der Waals surface area contributed by atoms with E-state index in [2.05, 4.69) is 61.2 Å². The van der Waals surface area contributed by atoms with Gasteiger partial charge in [-0.2, -0.15) is 0 Å². The lowest BCUT2D eigenvalue weighted by atomic mass is 9.77. The molecule has 0 saturated carbocycles. The molecule has 0 aromatic heterocycles. The highest BCUT2D eigenvalue weighted by atomic mass is 16.6. The minimum Gasteiger partial charge on any atom is -0.441 e. The first-order valence-corrected chi connectivity index (χ1v) is 10.1. The van der Waals surface area contributed by atoms with Crippen LogP contribution in [0, 0.1) is 13.8 Å². The molecule has 0 radical (unpaired) electrons. The SMILES string of the molecule is Cc1ccc(C2(c3ccc(N(C)C)cc3)OC(=O)c3cc(N(C)C)ccc32)c(C)c1. The van der Waals surface area contributed by atoms with E-state index in [1.807, 2.05) is 51.3 Å². The van der Waals surface area contributed by atoms with E-state index < -0.39 is 5.60 Å². The Morgan fingerprint density at radius 3 is 1.93 bits per heavy atom. The van der Waals surface area contributed by atoms with Crippen molar-refractivity contribution < 1.29 is 9.53 Å². The highest BCUT2D eigenvalue weighted by molar-refractivity contribution is 5.97. The van der Waals surface area contributed by atoms with Gasteiger partial charge in [-0.15, -0.1) is 0 Å². The van der Waals surface area contributed by atoms with Gasteiger partial charge >= 0.3 is 5.97 Å². The van der Waals surface area contributed by atoms with E-state index in [9.17, 15) is 4.79 Å². The van der Waals surface area contributed by atoms with Crippen LogP contribution in [0.25, 0.3) is 0 Å². The van der Waals surface area contributed by atoms with Crippen molar-refractivity contribution in [3.05, 3.63) is 94.0 Å². The van der Waals surface area contributed by atoms with E-state index >= 15 is 0 Å². The number of carbonyl (C=O) groups excluding carboxylic acids is 1. The van der Waals surface area contributed by atoms with Crippen LogP contribution in [0.15, 0.2) is 60.7 Å². The van der Waals surface area contributed by atoms with Gasteiger partial charge < -0.3 is 14.5 Å². The second-order valence-corrected chi connectivity index (χ2v) is 8.45. The predicted molar refractivity (Wildman–Crippen MR) is 123 cm³/mol. The molecule has 4 nitrogen and oxygen atoms in total. The van der Waals surface area contributed by atoms with Gasteiger partial charge in [0.2, 0.25) is 0 Å². The van der Waals surface area contributed by atoms with Crippen LogP contribution in [0.3, 0.4) is 0 Å². The molecule has 4 rings (SSSR count). The molecule has 0 amide bonds. The number of anilines is 2. The van der Waals surface area contributed by atoms with Crippen molar-refractivity contribution in [1.82, 2.24) is 0 Å². The number of esters is 1. The zero-order valence-electron chi connectivity index (χ0n) is 18.5. The van der Waals surface area contributed by atoms with E-state index in [0.29, 0.717) is 5.56 Å². The van der Waals surface area contributed by atoms with E-state index in [0.717, 1.165) is 33.6 Å². The van der Waals surface area contributed by atoms with Gasteiger partial charge in [0.25, 0.3) is 0 Å². The average molecular weight is 401 g/mol. The van der Waals surface area contributed by atoms with Crippen LogP contribution in [0.1, 0.15) is 38.2 Å². The van der Waals surface area contributed by atoms with Gasteiger partial charge in [0.15, 0.2) is 5.60 Å². The molecular formula is C26H28N2O2. The first-order chi connectivity index (χ1) is 14.2. The highest BCUT2D eigenvalue weighted by Gasteiger charge is 2.49. The Kier molecular flexibility index (Phi) is 4.81. The van der Waals surface area contributed by atoms with Gasteiger partial charge in [-0.05, 0) is 43.7 Å². The summed E-state index contributed by atoms with van der Waals surface area (Å²) in [6.07, 6.45) is 0. The van der Waals surface area contributed by atoms with Gasteiger partial charge in [0, 0.05) is 56.3 Å². The second-order valence-electron chi connectivity index (χ2n) is 8.45. The molecule has 0 aliphatic carbocycles. The first-order valence-electron chi connectivity index (χ1n) is 10.1. The van der Waals surface area contributed by atoms with Crippen molar-refractivity contribution in [2.75, 3.05) is 38.0 Å². The number of aryl methyl sites for hydroxylation is 2. The summed E-state index contributed by atoms with van der Waals surface area (Å²) in [5.74, 6) is -0.287. The van der Waals surface area contributed by atoms with Crippen LogP contribution >= 0.6 is 0 Å². The molecule has 3 aromatic rings. The summed E-state index contributed by atoms with van der Waals surface area (Å²) in [4.78, 5) is 17.2. The van der Waals surface area contributed by atoms with Crippen molar-refractivity contribution in [1.29, 1.82) is 0 Å². The molecule has 0 N–H and O–H groups in total. The standard InChI is InChI=1S/C26H28N2O2/c1-17-7-13-23(18(2)15-17)26(19-8-10-20(11-9-19)27(3)4)24-14-12-21(28(5)6)16-22(24)25(29)30-26/h7-16H,1-6H3. The number of cyclic esters (lactones) is 1. The molecular weight excluding hydrogens is 372 g/mol. The maximum absolute atomic E-state index is 13.1. The Labute approximate surface area is 178 Å². The van der Waals surface area contributed by atoms with E-state index in [1.165, 1.54) is 5.56 Å². The maximum Gasteiger partial charge on any atom is 0.340 e. The molecule has 0 saturated heterocycles. The predicted octanol–water partition coefficient (Wildman–Crippen LogP) is 4.90. The number of carbonyl (C=O) groups is 1. The summed E-state index contributed by atoms with van der Waals surface area (Å²) in [6.45, 7) is 4.16. The van der Waals surface area contributed by atoms with Gasteiger partial charge in [0.05, 0.1) is 5.56 Å². The number of nitrogens with zero attached hydrogens (tertiary/aromatic N) is 2. The first kappa shape index (κ1) is 20.0. The third-order valence-corrected chi connectivity index (χ3v) is 5.92. The number of ether oxygens (including phenoxy) is 1. The molecule has 1 unspecified atom stereocenters. The van der Waals surface area contributed by atoms with Crippen molar-refractivity contribution in [2.45, 2.75) is 19.4 Å². The van der Waals surface area contributed by atoms with Gasteiger partial charge in [0.1, 0.15) is 0 Å². The summed E-state index contributed by atoms with van der Waals surface area (Å²) in [7, 11) is 7.98. The molecule has 1 aliphatic rings. The average Bonchev–Trinajstić information content (AvgIpc) is 3.01. The smallest absolute Gasteiger partial charge is 0.340 e. The molecule has 0 fully saturated rings. The minimum absolute atomic E-state index is 0.287. The van der Waals surface area contributed by atoms with E-state index in [4.69, 9.17) is 4.74 Å². The van der Waals surface area contributed by atoms with Crippen LogP contribution in [-0.4, -0.2) is 34.2 Å². The summed E-state index contributed by atoms with van der Waals surface area (Å²) in [5.41, 5.74) is 6.86. The number of hydrogen-bond acceptors (Lipinski definition) is 4. The van der Waals surface area contributed by atoms with Crippen molar-refractivity contribution in [3.8, 4) is 0 Å². The third-order valence-electron chi connectivity index (χ3n) is 5.92. The Morgan fingerprint density at radius 2 is 1.33 bits per heavy atom. The fourth-order valence-corrected chi connectivity index (χ4v) is 4.31. The molecule has 4 heteroatoms. The number of rotatable bonds is 4.